The highest BCUT2D eigenvalue weighted by molar-refractivity contribution is 5.76. The molecule has 0 aliphatic heterocycles. The number of nitrogens with two attached hydrogens (primary N) is 1. The van der Waals surface area contributed by atoms with E-state index in [1.54, 1.807) is 17.0 Å². The highest BCUT2D eigenvalue weighted by Gasteiger charge is 2.26. The van der Waals surface area contributed by atoms with Crippen LogP contribution in [-0.2, 0) is 4.79 Å². The van der Waals surface area contributed by atoms with Gasteiger partial charge in [0.25, 0.3) is 0 Å². The van der Waals surface area contributed by atoms with E-state index in [-0.39, 0.29) is 5.91 Å². The highest BCUT2D eigenvalue weighted by Crippen LogP contribution is 2.29. The highest BCUT2D eigenvalue weighted by atomic mass is 16.5. The van der Waals surface area contributed by atoms with Crippen LogP contribution in [0.4, 0.5) is 5.69 Å². The van der Waals surface area contributed by atoms with Crippen LogP contribution in [-0.4, -0.2) is 30.5 Å². The first-order chi connectivity index (χ1) is 9.69. The molecule has 1 aliphatic carbocycles. The van der Waals surface area contributed by atoms with Crippen molar-refractivity contribution in [2.45, 2.75) is 19.3 Å². The zero-order chi connectivity index (χ0) is 14.4. The molecule has 0 bridgehead atoms. The van der Waals surface area contributed by atoms with Crippen molar-refractivity contribution in [3.05, 3.63) is 24.3 Å². The second-order valence-electron chi connectivity index (χ2n) is 5.09. The van der Waals surface area contributed by atoms with Gasteiger partial charge >= 0.3 is 0 Å². The molecule has 0 saturated heterocycles. The summed E-state index contributed by atoms with van der Waals surface area (Å²) in [7, 11) is 0. The van der Waals surface area contributed by atoms with Gasteiger partial charge in [-0.25, -0.2) is 0 Å². The molecule has 0 radical (unpaired) electrons. The molecule has 1 aromatic rings. The number of rotatable bonds is 7. The molecule has 20 heavy (non-hydrogen) atoms. The van der Waals surface area contributed by atoms with Crippen molar-refractivity contribution < 1.29 is 9.53 Å². The Kier molecular flexibility index (Phi) is 4.89. The molecule has 4 nitrogen and oxygen atoms in total. The average Bonchev–Trinajstić information content (AvgIpc) is 3.22. The summed E-state index contributed by atoms with van der Waals surface area (Å²) in [5.74, 6) is 3.92. The van der Waals surface area contributed by atoms with Crippen LogP contribution in [0.1, 0.15) is 19.3 Å². The Morgan fingerprint density at radius 2 is 2.30 bits per heavy atom. The van der Waals surface area contributed by atoms with E-state index in [2.05, 4.69) is 5.92 Å². The van der Waals surface area contributed by atoms with Crippen LogP contribution in [0.5, 0.6) is 5.75 Å². The number of nitrogen functional groups attached to an aromatic ring is 1. The fraction of sp³-hybridized carbons (Fsp3) is 0.438. The Bertz CT molecular complexity index is 503. The topological polar surface area (TPSA) is 55.6 Å². The molecular weight excluding hydrogens is 252 g/mol. The van der Waals surface area contributed by atoms with Crippen LogP contribution in [0.2, 0.25) is 0 Å². The first kappa shape index (κ1) is 14.3. The molecule has 0 atom stereocenters. The third kappa shape index (κ3) is 4.51. The Labute approximate surface area is 119 Å². The van der Waals surface area contributed by atoms with Gasteiger partial charge in [-0.15, -0.1) is 6.42 Å². The summed E-state index contributed by atoms with van der Waals surface area (Å²) in [6, 6.07) is 7.19. The Morgan fingerprint density at radius 3 is 2.95 bits per heavy atom. The van der Waals surface area contributed by atoms with Gasteiger partial charge in [0.1, 0.15) is 5.75 Å². The molecule has 1 fully saturated rings. The summed E-state index contributed by atoms with van der Waals surface area (Å²) in [5.41, 5.74) is 6.31. The van der Waals surface area contributed by atoms with E-state index < -0.39 is 0 Å². The maximum atomic E-state index is 12.1. The lowest BCUT2D eigenvalue weighted by Gasteiger charge is -2.20. The summed E-state index contributed by atoms with van der Waals surface area (Å²) >= 11 is 0. The SMILES string of the molecule is C#CCN(CC1CC1)C(=O)CCOc1cccc(N)c1. The molecule has 106 valence electrons. The minimum Gasteiger partial charge on any atom is -0.493 e. The van der Waals surface area contributed by atoms with Crippen LogP contribution in [0.15, 0.2) is 24.3 Å². The summed E-state index contributed by atoms with van der Waals surface area (Å²) in [5, 5.41) is 0. The van der Waals surface area contributed by atoms with E-state index in [0.717, 1.165) is 6.54 Å². The maximum absolute atomic E-state index is 12.1. The quantitative estimate of drug-likeness (QED) is 0.609. The number of carbonyl (C=O) groups excluding carboxylic acids is 1. The van der Waals surface area contributed by atoms with Gasteiger partial charge in [-0.3, -0.25) is 4.79 Å². The number of hydrogen-bond acceptors (Lipinski definition) is 3. The smallest absolute Gasteiger partial charge is 0.226 e. The second-order valence-corrected chi connectivity index (χ2v) is 5.09. The largest absolute Gasteiger partial charge is 0.493 e. The van der Waals surface area contributed by atoms with Gasteiger partial charge in [-0.05, 0) is 30.9 Å². The maximum Gasteiger partial charge on any atom is 0.226 e. The molecule has 1 aliphatic rings. The van der Waals surface area contributed by atoms with E-state index in [9.17, 15) is 4.79 Å². The van der Waals surface area contributed by atoms with Gasteiger partial charge in [0.2, 0.25) is 5.91 Å². The van der Waals surface area contributed by atoms with Gasteiger partial charge in [-0.2, -0.15) is 0 Å². The average molecular weight is 272 g/mol. The van der Waals surface area contributed by atoms with Crippen LogP contribution in [0.3, 0.4) is 0 Å². The molecule has 2 N–H and O–H groups in total. The summed E-state index contributed by atoms with van der Waals surface area (Å²) in [4.78, 5) is 13.8. The predicted octanol–water partition coefficient (Wildman–Crippen LogP) is 1.91. The summed E-state index contributed by atoms with van der Waals surface area (Å²) in [6.07, 6.45) is 8.05. The lowest BCUT2D eigenvalue weighted by Crippen LogP contribution is -2.34. The molecule has 1 saturated carbocycles. The van der Waals surface area contributed by atoms with Gasteiger partial charge < -0.3 is 15.4 Å². The van der Waals surface area contributed by atoms with E-state index in [1.165, 1.54) is 12.8 Å². The summed E-state index contributed by atoms with van der Waals surface area (Å²) < 4.78 is 5.53. The number of benzene rings is 1. The van der Waals surface area contributed by atoms with E-state index in [1.807, 2.05) is 12.1 Å². The van der Waals surface area contributed by atoms with Crippen molar-refractivity contribution in [1.82, 2.24) is 4.90 Å². The number of amides is 1. The molecule has 0 spiro atoms. The van der Waals surface area contributed by atoms with Crippen molar-refractivity contribution in [2.24, 2.45) is 5.92 Å². The Hall–Kier alpha value is -2.15. The monoisotopic (exact) mass is 272 g/mol. The molecule has 1 aromatic carbocycles. The number of nitrogens with zero attached hydrogens (tertiary/aromatic N) is 1. The number of anilines is 1. The first-order valence-corrected chi connectivity index (χ1v) is 6.88. The van der Waals surface area contributed by atoms with Crippen molar-refractivity contribution in [3.63, 3.8) is 0 Å². The lowest BCUT2D eigenvalue weighted by atomic mass is 10.3. The molecule has 0 unspecified atom stereocenters. The predicted molar refractivity (Wildman–Crippen MR) is 79.1 cm³/mol. The van der Waals surface area contributed by atoms with E-state index >= 15 is 0 Å². The lowest BCUT2D eigenvalue weighted by molar-refractivity contribution is -0.131. The minimum atomic E-state index is 0.0544. The van der Waals surface area contributed by atoms with Crippen LogP contribution >= 0.6 is 0 Å². The van der Waals surface area contributed by atoms with Gasteiger partial charge in [0.05, 0.1) is 19.6 Å². The van der Waals surface area contributed by atoms with Crippen molar-refractivity contribution in [3.8, 4) is 18.1 Å². The fourth-order valence-corrected chi connectivity index (χ4v) is 2.00. The summed E-state index contributed by atoms with van der Waals surface area (Å²) in [6.45, 7) is 1.50. The van der Waals surface area contributed by atoms with Crippen molar-refractivity contribution in [2.75, 3.05) is 25.4 Å². The third-order valence-electron chi connectivity index (χ3n) is 3.25. The van der Waals surface area contributed by atoms with Gasteiger partial charge in [0.15, 0.2) is 0 Å². The van der Waals surface area contributed by atoms with Crippen molar-refractivity contribution >= 4 is 11.6 Å². The van der Waals surface area contributed by atoms with Gasteiger partial charge in [-0.1, -0.05) is 12.0 Å². The van der Waals surface area contributed by atoms with Crippen LogP contribution in [0, 0.1) is 18.3 Å². The first-order valence-electron chi connectivity index (χ1n) is 6.88. The second kappa shape index (κ2) is 6.85. The number of carbonyl (C=O) groups is 1. The molecule has 0 aromatic heterocycles. The zero-order valence-electron chi connectivity index (χ0n) is 11.5. The molecule has 4 heteroatoms. The van der Waals surface area contributed by atoms with Crippen LogP contribution < -0.4 is 10.5 Å². The Balaban J connectivity index is 1.76. The molecule has 2 rings (SSSR count). The van der Waals surface area contributed by atoms with Crippen molar-refractivity contribution in [1.29, 1.82) is 0 Å². The molecule has 0 heterocycles. The molecular formula is C16H20N2O2. The minimum absolute atomic E-state index is 0.0544. The van der Waals surface area contributed by atoms with Gasteiger partial charge in [0, 0.05) is 18.3 Å². The zero-order valence-corrected chi connectivity index (χ0v) is 11.5. The van der Waals surface area contributed by atoms with E-state index in [4.69, 9.17) is 16.9 Å². The normalized spacial score (nSPS) is 13.6. The Morgan fingerprint density at radius 1 is 1.50 bits per heavy atom. The number of terminal acetylenes is 1. The molecule has 1 amide bonds. The van der Waals surface area contributed by atoms with Crippen LogP contribution in [0.25, 0.3) is 0 Å². The standard InChI is InChI=1S/C16H20N2O2/c1-2-9-18(12-13-6-7-13)16(19)8-10-20-15-5-3-4-14(17)11-15/h1,3-5,11,13H,6-10,12,17H2. The third-order valence-corrected chi connectivity index (χ3v) is 3.25. The number of hydrogen-bond donors (Lipinski definition) is 1. The number of ether oxygens (including phenoxy) is 1. The fourth-order valence-electron chi connectivity index (χ4n) is 2.00. The van der Waals surface area contributed by atoms with E-state index in [0.29, 0.717) is 36.9 Å².